The molecular formula is C18H18N2O2S. The maximum absolute atomic E-state index is 11.1. The van der Waals surface area contributed by atoms with Gasteiger partial charge in [-0.25, -0.2) is 9.78 Å². The Hall–Kier alpha value is -2.27. The minimum Gasteiger partial charge on any atom is -0.494 e. The number of ether oxygens (including phenoxy) is 1. The van der Waals surface area contributed by atoms with E-state index in [0.717, 1.165) is 29.4 Å². The summed E-state index contributed by atoms with van der Waals surface area (Å²) in [6.45, 7) is 0.700. The highest BCUT2D eigenvalue weighted by Crippen LogP contribution is 2.21. The van der Waals surface area contributed by atoms with Crippen LogP contribution >= 0.6 is 11.8 Å². The van der Waals surface area contributed by atoms with Crippen molar-refractivity contribution in [3.05, 3.63) is 65.2 Å². The van der Waals surface area contributed by atoms with E-state index in [4.69, 9.17) is 4.74 Å². The summed E-state index contributed by atoms with van der Waals surface area (Å²) in [7, 11) is 0. The number of unbranched alkanes of at least 4 members (excludes halogenated alkanes) is 1. The quantitative estimate of drug-likeness (QED) is 0.407. The van der Waals surface area contributed by atoms with Gasteiger partial charge in [-0.3, -0.25) is 0 Å². The number of nitrogens with zero attached hydrogens (tertiary/aromatic N) is 1. The van der Waals surface area contributed by atoms with E-state index in [1.54, 1.807) is 11.8 Å². The molecular weight excluding hydrogens is 308 g/mol. The molecule has 0 fully saturated rings. The Labute approximate surface area is 138 Å². The standard InChI is InChI=1S/C18H18N2O2S/c21-18-19-10-9-17(20-18)23-12-4-3-11-22-16-8-7-14-5-1-2-6-15(14)13-16/h1-2,5-10,13H,3-4,11-12H2,(H,19,20,21). The fourth-order valence-electron chi connectivity index (χ4n) is 2.27. The van der Waals surface area contributed by atoms with E-state index in [0.29, 0.717) is 6.61 Å². The maximum atomic E-state index is 11.1. The summed E-state index contributed by atoms with van der Waals surface area (Å²) in [5.41, 5.74) is -0.297. The second-order valence-electron chi connectivity index (χ2n) is 5.15. The van der Waals surface area contributed by atoms with Crippen molar-refractivity contribution >= 4 is 22.5 Å². The molecule has 1 N–H and O–H groups in total. The number of thioether (sulfide) groups is 1. The number of aromatic amines is 1. The zero-order valence-electron chi connectivity index (χ0n) is 12.7. The summed E-state index contributed by atoms with van der Waals surface area (Å²) in [4.78, 5) is 17.4. The van der Waals surface area contributed by atoms with Gasteiger partial charge in [0.1, 0.15) is 5.75 Å². The van der Waals surface area contributed by atoms with Gasteiger partial charge in [-0.05, 0) is 47.6 Å². The lowest BCUT2D eigenvalue weighted by Gasteiger charge is -2.07. The molecule has 0 aliphatic rings. The topological polar surface area (TPSA) is 55.0 Å². The highest BCUT2D eigenvalue weighted by atomic mass is 32.2. The summed E-state index contributed by atoms with van der Waals surface area (Å²) < 4.78 is 5.81. The Morgan fingerprint density at radius 3 is 2.78 bits per heavy atom. The van der Waals surface area contributed by atoms with Crippen LogP contribution < -0.4 is 10.4 Å². The number of aromatic nitrogens is 2. The van der Waals surface area contributed by atoms with Gasteiger partial charge in [0.25, 0.3) is 0 Å². The molecule has 0 aliphatic carbocycles. The minimum atomic E-state index is -0.297. The third kappa shape index (κ3) is 4.60. The maximum Gasteiger partial charge on any atom is 0.345 e. The zero-order valence-corrected chi connectivity index (χ0v) is 13.5. The van der Waals surface area contributed by atoms with Gasteiger partial charge in [-0.15, -0.1) is 11.8 Å². The van der Waals surface area contributed by atoms with Gasteiger partial charge in [0, 0.05) is 6.20 Å². The van der Waals surface area contributed by atoms with E-state index in [-0.39, 0.29) is 5.69 Å². The number of hydrogen-bond acceptors (Lipinski definition) is 4. The van der Waals surface area contributed by atoms with Crippen LogP contribution in [0.4, 0.5) is 0 Å². The molecule has 5 heteroatoms. The molecule has 3 rings (SSSR count). The van der Waals surface area contributed by atoms with Crippen molar-refractivity contribution in [1.82, 2.24) is 9.97 Å². The number of rotatable bonds is 7. The van der Waals surface area contributed by atoms with Crippen molar-refractivity contribution in [2.24, 2.45) is 0 Å². The van der Waals surface area contributed by atoms with Crippen molar-refractivity contribution in [3.8, 4) is 5.75 Å². The van der Waals surface area contributed by atoms with Crippen molar-refractivity contribution in [3.63, 3.8) is 0 Å². The van der Waals surface area contributed by atoms with Gasteiger partial charge in [0.2, 0.25) is 0 Å². The van der Waals surface area contributed by atoms with Gasteiger partial charge in [-0.2, -0.15) is 0 Å². The third-order valence-electron chi connectivity index (χ3n) is 3.43. The van der Waals surface area contributed by atoms with Crippen LogP contribution in [0.5, 0.6) is 5.75 Å². The lowest BCUT2D eigenvalue weighted by Crippen LogP contribution is -2.09. The first-order valence-corrected chi connectivity index (χ1v) is 8.59. The number of hydrogen-bond donors (Lipinski definition) is 1. The second-order valence-corrected chi connectivity index (χ2v) is 6.29. The number of H-pyrrole nitrogens is 1. The average Bonchev–Trinajstić information content (AvgIpc) is 2.58. The Balaban J connectivity index is 1.40. The first-order chi connectivity index (χ1) is 11.3. The monoisotopic (exact) mass is 326 g/mol. The fourth-order valence-corrected chi connectivity index (χ4v) is 3.15. The summed E-state index contributed by atoms with van der Waals surface area (Å²) in [5.74, 6) is 1.86. The molecule has 118 valence electrons. The molecule has 0 saturated heterocycles. The van der Waals surface area contributed by atoms with E-state index >= 15 is 0 Å². The Bertz CT molecular complexity index is 832. The van der Waals surface area contributed by atoms with E-state index in [9.17, 15) is 4.79 Å². The SMILES string of the molecule is O=c1nccc(SCCCCOc2ccc3ccccc3c2)[nH]1. The molecule has 23 heavy (non-hydrogen) atoms. The molecule has 2 aromatic carbocycles. The van der Waals surface area contributed by atoms with E-state index in [1.807, 2.05) is 24.3 Å². The first kappa shape index (κ1) is 15.6. The second kappa shape index (κ2) is 7.83. The van der Waals surface area contributed by atoms with E-state index in [1.165, 1.54) is 17.0 Å². The summed E-state index contributed by atoms with van der Waals surface area (Å²) in [5, 5.41) is 3.28. The molecule has 0 bridgehead atoms. The normalized spacial score (nSPS) is 10.8. The van der Waals surface area contributed by atoms with Crippen molar-refractivity contribution in [2.75, 3.05) is 12.4 Å². The number of fused-ring (bicyclic) bond motifs is 1. The van der Waals surface area contributed by atoms with Gasteiger partial charge >= 0.3 is 5.69 Å². The van der Waals surface area contributed by atoms with Crippen LogP contribution in [0, 0.1) is 0 Å². The van der Waals surface area contributed by atoms with Crippen LogP contribution in [-0.4, -0.2) is 22.3 Å². The predicted octanol–water partition coefficient (Wildman–Crippen LogP) is 3.87. The molecule has 4 nitrogen and oxygen atoms in total. The van der Waals surface area contributed by atoms with Crippen molar-refractivity contribution in [1.29, 1.82) is 0 Å². The molecule has 0 radical (unpaired) electrons. The number of benzene rings is 2. The largest absolute Gasteiger partial charge is 0.494 e. The summed E-state index contributed by atoms with van der Waals surface area (Å²) in [6.07, 6.45) is 3.54. The lowest BCUT2D eigenvalue weighted by molar-refractivity contribution is 0.310. The Kier molecular flexibility index (Phi) is 5.32. The van der Waals surface area contributed by atoms with E-state index in [2.05, 4.69) is 34.2 Å². The average molecular weight is 326 g/mol. The van der Waals surface area contributed by atoms with Crippen molar-refractivity contribution in [2.45, 2.75) is 17.9 Å². The number of nitrogens with one attached hydrogen (secondary N) is 1. The van der Waals surface area contributed by atoms with Crippen LogP contribution in [0.2, 0.25) is 0 Å². The zero-order chi connectivity index (χ0) is 15.9. The lowest BCUT2D eigenvalue weighted by atomic mass is 10.1. The van der Waals surface area contributed by atoms with Crippen molar-refractivity contribution < 1.29 is 4.74 Å². The fraction of sp³-hybridized carbons (Fsp3) is 0.222. The van der Waals surface area contributed by atoms with Crippen LogP contribution in [0.15, 0.2) is 64.5 Å². The molecule has 1 aromatic heterocycles. The highest BCUT2D eigenvalue weighted by molar-refractivity contribution is 7.99. The molecule has 0 spiro atoms. The third-order valence-corrected chi connectivity index (χ3v) is 4.48. The predicted molar refractivity (Wildman–Crippen MR) is 94.3 cm³/mol. The molecule has 0 amide bonds. The molecule has 0 atom stereocenters. The molecule has 0 aliphatic heterocycles. The van der Waals surface area contributed by atoms with Crippen LogP contribution in [0.1, 0.15) is 12.8 Å². The Morgan fingerprint density at radius 2 is 1.91 bits per heavy atom. The summed E-state index contributed by atoms with van der Waals surface area (Å²) in [6, 6.07) is 16.2. The molecule has 0 saturated carbocycles. The minimum absolute atomic E-state index is 0.297. The van der Waals surface area contributed by atoms with Crippen LogP contribution in [0.25, 0.3) is 10.8 Å². The molecule has 0 unspecified atom stereocenters. The molecule has 1 heterocycles. The first-order valence-electron chi connectivity index (χ1n) is 7.61. The van der Waals surface area contributed by atoms with Crippen LogP contribution in [0.3, 0.4) is 0 Å². The molecule has 3 aromatic rings. The summed E-state index contributed by atoms with van der Waals surface area (Å²) >= 11 is 1.63. The Morgan fingerprint density at radius 1 is 1.04 bits per heavy atom. The van der Waals surface area contributed by atoms with Gasteiger partial charge in [0.05, 0.1) is 11.6 Å². The highest BCUT2D eigenvalue weighted by Gasteiger charge is 1.98. The van der Waals surface area contributed by atoms with Gasteiger partial charge in [-0.1, -0.05) is 30.3 Å². The van der Waals surface area contributed by atoms with E-state index < -0.39 is 0 Å². The smallest absolute Gasteiger partial charge is 0.345 e. The van der Waals surface area contributed by atoms with Crippen LogP contribution in [-0.2, 0) is 0 Å². The van der Waals surface area contributed by atoms with Gasteiger partial charge < -0.3 is 9.72 Å². The van der Waals surface area contributed by atoms with Gasteiger partial charge in [0.15, 0.2) is 0 Å².